The van der Waals surface area contributed by atoms with Crippen LogP contribution < -0.4 is 5.32 Å². The van der Waals surface area contributed by atoms with Crippen molar-refractivity contribution in [3.63, 3.8) is 0 Å². The van der Waals surface area contributed by atoms with Crippen LogP contribution in [0.4, 0.5) is 0 Å². The van der Waals surface area contributed by atoms with Crippen LogP contribution in [0.3, 0.4) is 0 Å². The molecule has 2 aliphatic rings. The van der Waals surface area contributed by atoms with Gasteiger partial charge in [-0.05, 0) is 38.0 Å². The molecule has 0 aromatic heterocycles. The quantitative estimate of drug-likeness (QED) is 0.794. The summed E-state index contributed by atoms with van der Waals surface area (Å²) in [5, 5.41) is 3.85. The van der Waals surface area contributed by atoms with Gasteiger partial charge in [0.05, 0.1) is 6.61 Å². The molecule has 0 radical (unpaired) electrons. The number of nitrogens with one attached hydrogen (secondary N) is 1. The second-order valence-electron chi connectivity index (χ2n) is 5.72. The molecule has 1 N–H and O–H groups in total. The van der Waals surface area contributed by atoms with Gasteiger partial charge in [-0.15, -0.1) is 0 Å². The van der Waals surface area contributed by atoms with Crippen LogP contribution in [0.5, 0.6) is 0 Å². The van der Waals surface area contributed by atoms with Gasteiger partial charge in [-0.2, -0.15) is 0 Å². The molecule has 1 aliphatic carbocycles. The summed E-state index contributed by atoms with van der Waals surface area (Å²) in [6.07, 6.45) is 8.26. The Morgan fingerprint density at radius 1 is 1.31 bits per heavy atom. The maximum absolute atomic E-state index is 5.47. The second kappa shape index (κ2) is 6.02. The Labute approximate surface area is 100 Å². The summed E-state index contributed by atoms with van der Waals surface area (Å²) < 4.78 is 5.47. The zero-order valence-electron chi connectivity index (χ0n) is 10.9. The first-order valence-corrected chi connectivity index (χ1v) is 7.13. The molecular formula is C14H27NO. The summed E-state index contributed by atoms with van der Waals surface area (Å²) in [4.78, 5) is 0. The van der Waals surface area contributed by atoms with E-state index in [1.165, 1.54) is 38.5 Å². The van der Waals surface area contributed by atoms with Gasteiger partial charge >= 0.3 is 0 Å². The van der Waals surface area contributed by atoms with Crippen LogP contribution in [0.15, 0.2) is 0 Å². The minimum Gasteiger partial charge on any atom is -0.381 e. The first-order valence-electron chi connectivity index (χ1n) is 7.13. The van der Waals surface area contributed by atoms with Crippen LogP contribution >= 0.6 is 0 Å². The van der Waals surface area contributed by atoms with Crippen molar-refractivity contribution in [3.05, 3.63) is 0 Å². The van der Waals surface area contributed by atoms with Crippen LogP contribution in [0.25, 0.3) is 0 Å². The lowest BCUT2D eigenvalue weighted by atomic mass is 9.83. The molecule has 2 fully saturated rings. The molecule has 94 valence electrons. The van der Waals surface area contributed by atoms with E-state index in [0.29, 0.717) is 6.04 Å². The van der Waals surface area contributed by atoms with E-state index < -0.39 is 0 Å². The SMILES string of the molecule is CCC1CCCC(NC(C)C2CCOC2)C1. The van der Waals surface area contributed by atoms with E-state index in [2.05, 4.69) is 19.2 Å². The molecule has 1 heterocycles. The van der Waals surface area contributed by atoms with E-state index in [1.807, 2.05) is 0 Å². The fourth-order valence-electron chi connectivity index (χ4n) is 3.27. The second-order valence-corrected chi connectivity index (χ2v) is 5.72. The van der Waals surface area contributed by atoms with Gasteiger partial charge < -0.3 is 10.1 Å². The lowest BCUT2D eigenvalue weighted by molar-refractivity contribution is 0.172. The molecule has 2 heteroatoms. The Balaban J connectivity index is 1.75. The highest BCUT2D eigenvalue weighted by atomic mass is 16.5. The summed E-state index contributed by atoms with van der Waals surface area (Å²) in [5.41, 5.74) is 0. The van der Waals surface area contributed by atoms with Crippen molar-refractivity contribution in [2.75, 3.05) is 13.2 Å². The van der Waals surface area contributed by atoms with Crippen molar-refractivity contribution >= 4 is 0 Å². The fraction of sp³-hybridized carbons (Fsp3) is 1.00. The summed E-state index contributed by atoms with van der Waals surface area (Å²) in [7, 11) is 0. The molecule has 0 amide bonds. The van der Waals surface area contributed by atoms with Crippen LogP contribution in [-0.2, 0) is 4.74 Å². The first kappa shape index (κ1) is 12.4. The lowest BCUT2D eigenvalue weighted by Crippen LogP contribution is -2.43. The number of hydrogen-bond donors (Lipinski definition) is 1. The number of rotatable bonds is 4. The van der Waals surface area contributed by atoms with E-state index >= 15 is 0 Å². The topological polar surface area (TPSA) is 21.3 Å². The van der Waals surface area contributed by atoms with E-state index in [-0.39, 0.29) is 0 Å². The molecule has 1 aliphatic heterocycles. The van der Waals surface area contributed by atoms with Crippen LogP contribution in [0.2, 0.25) is 0 Å². The van der Waals surface area contributed by atoms with Gasteiger partial charge in [0, 0.05) is 18.7 Å². The monoisotopic (exact) mass is 225 g/mol. The fourth-order valence-corrected chi connectivity index (χ4v) is 3.27. The van der Waals surface area contributed by atoms with E-state index in [4.69, 9.17) is 4.74 Å². The third-order valence-electron chi connectivity index (χ3n) is 4.53. The highest BCUT2D eigenvalue weighted by molar-refractivity contribution is 4.83. The molecule has 4 atom stereocenters. The van der Waals surface area contributed by atoms with Gasteiger partial charge in [0.1, 0.15) is 0 Å². The smallest absolute Gasteiger partial charge is 0.0509 e. The maximum Gasteiger partial charge on any atom is 0.0509 e. The van der Waals surface area contributed by atoms with E-state index in [1.54, 1.807) is 0 Å². The molecule has 0 aromatic rings. The van der Waals surface area contributed by atoms with Gasteiger partial charge in [0.2, 0.25) is 0 Å². The Morgan fingerprint density at radius 2 is 2.19 bits per heavy atom. The van der Waals surface area contributed by atoms with Gasteiger partial charge in [-0.1, -0.05) is 26.2 Å². The molecule has 1 saturated carbocycles. The van der Waals surface area contributed by atoms with Crippen molar-refractivity contribution in [3.8, 4) is 0 Å². The summed E-state index contributed by atoms with van der Waals surface area (Å²) in [6.45, 7) is 6.62. The summed E-state index contributed by atoms with van der Waals surface area (Å²) in [6, 6.07) is 1.41. The third-order valence-corrected chi connectivity index (χ3v) is 4.53. The average Bonchev–Trinajstić information content (AvgIpc) is 2.83. The standard InChI is InChI=1S/C14H27NO/c1-3-12-5-4-6-14(9-12)15-11(2)13-7-8-16-10-13/h11-15H,3-10H2,1-2H3. The maximum atomic E-state index is 5.47. The number of ether oxygens (including phenoxy) is 1. The van der Waals surface area contributed by atoms with Gasteiger partial charge in [0.25, 0.3) is 0 Å². The normalized spacial score (nSPS) is 37.5. The van der Waals surface area contributed by atoms with Gasteiger partial charge in [-0.3, -0.25) is 0 Å². The first-order chi connectivity index (χ1) is 7.79. The Bertz CT molecular complexity index is 201. The highest BCUT2D eigenvalue weighted by Gasteiger charge is 2.26. The van der Waals surface area contributed by atoms with E-state index in [9.17, 15) is 0 Å². The summed E-state index contributed by atoms with van der Waals surface area (Å²) >= 11 is 0. The molecule has 16 heavy (non-hydrogen) atoms. The highest BCUT2D eigenvalue weighted by Crippen LogP contribution is 2.27. The Kier molecular flexibility index (Phi) is 4.66. The zero-order chi connectivity index (χ0) is 11.4. The van der Waals surface area contributed by atoms with Crippen molar-refractivity contribution in [2.24, 2.45) is 11.8 Å². The Morgan fingerprint density at radius 3 is 2.88 bits per heavy atom. The minimum absolute atomic E-state index is 0.642. The molecular weight excluding hydrogens is 198 g/mol. The predicted octanol–water partition coefficient (Wildman–Crippen LogP) is 2.97. The Hall–Kier alpha value is -0.0800. The number of hydrogen-bond acceptors (Lipinski definition) is 2. The van der Waals surface area contributed by atoms with Gasteiger partial charge in [-0.25, -0.2) is 0 Å². The largest absolute Gasteiger partial charge is 0.381 e. The molecule has 4 unspecified atom stereocenters. The van der Waals surface area contributed by atoms with Crippen LogP contribution in [-0.4, -0.2) is 25.3 Å². The van der Waals surface area contributed by atoms with Gasteiger partial charge in [0.15, 0.2) is 0 Å². The van der Waals surface area contributed by atoms with Crippen molar-refractivity contribution in [1.82, 2.24) is 5.32 Å². The van der Waals surface area contributed by atoms with E-state index in [0.717, 1.165) is 31.1 Å². The third kappa shape index (κ3) is 3.21. The molecule has 0 aromatic carbocycles. The van der Waals surface area contributed by atoms with Crippen LogP contribution in [0, 0.1) is 11.8 Å². The molecule has 1 saturated heterocycles. The minimum atomic E-state index is 0.642. The van der Waals surface area contributed by atoms with Crippen molar-refractivity contribution in [1.29, 1.82) is 0 Å². The summed E-state index contributed by atoms with van der Waals surface area (Å²) in [5.74, 6) is 1.72. The lowest BCUT2D eigenvalue weighted by Gasteiger charge is -2.33. The molecule has 2 nitrogen and oxygen atoms in total. The predicted molar refractivity (Wildman–Crippen MR) is 67.6 cm³/mol. The van der Waals surface area contributed by atoms with Crippen LogP contribution in [0.1, 0.15) is 52.4 Å². The molecule has 0 bridgehead atoms. The molecule has 2 rings (SSSR count). The van der Waals surface area contributed by atoms with Crippen molar-refractivity contribution in [2.45, 2.75) is 64.5 Å². The van der Waals surface area contributed by atoms with Crippen molar-refractivity contribution < 1.29 is 4.74 Å². The zero-order valence-corrected chi connectivity index (χ0v) is 10.9. The average molecular weight is 225 g/mol. The molecule has 0 spiro atoms.